The highest BCUT2D eigenvalue weighted by Crippen LogP contribution is 2.09. The van der Waals surface area contributed by atoms with Gasteiger partial charge in [-0.2, -0.15) is 0 Å². The predicted octanol–water partition coefficient (Wildman–Crippen LogP) is 2.13. The smallest absolute Gasteiger partial charge is 0.344 e. The average Bonchev–Trinajstić information content (AvgIpc) is 2.32. The quantitative estimate of drug-likeness (QED) is 0.607. The van der Waals surface area contributed by atoms with E-state index in [1.54, 1.807) is 0 Å². The van der Waals surface area contributed by atoms with E-state index in [0.717, 1.165) is 12.1 Å². The maximum absolute atomic E-state index is 12.8. The van der Waals surface area contributed by atoms with Crippen molar-refractivity contribution >= 4 is 11.9 Å². The molecule has 6 heteroatoms. The molecule has 0 aliphatic carbocycles. The van der Waals surface area contributed by atoms with Gasteiger partial charge in [0.05, 0.1) is 0 Å². The van der Waals surface area contributed by atoms with Crippen LogP contribution in [-0.2, 0) is 25.7 Å². The van der Waals surface area contributed by atoms with Crippen LogP contribution in [-0.4, -0.2) is 18.5 Å². The molecule has 1 rings (SSSR count). The van der Waals surface area contributed by atoms with Crippen molar-refractivity contribution in [1.82, 2.24) is 0 Å². The van der Waals surface area contributed by atoms with Crippen molar-refractivity contribution in [3.05, 3.63) is 47.5 Å². The van der Waals surface area contributed by atoms with E-state index in [-0.39, 0.29) is 17.7 Å². The Morgan fingerprint density at radius 1 is 1.16 bits per heavy atom. The number of benzene rings is 1. The maximum atomic E-state index is 12.8. The standard InChI is InChI=1S/C13H12F2O4/c1-8(2)13(17)19-7-12(16)18-6-9-3-10(14)5-11(15)4-9/h3-5H,1,6-7H2,2H3. The number of halogens is 2. The number of ether oxygens (including phenoxy) is 2. The molecule has 0 N–H and O–H groups in total. The summed E-state index contributed by atoms with van der Waals surface area (Å²) in [5, 5.41) is 0. The van der Waals surface area contributed by atoms with Gasteiger partial charge in [0.25, 0.3) is 0 Å². The van der Waals surface area contributed by atoms with E-state index in [4.69, 9.17) is 0 Å². The molecule has 0 saturated carbocycles. The Bertz CT molecular complexity index is 491. The SMILES string of the molecule is C=C(C)C(=O)OCC(=O)OCc1cc(F)cc(F)c1. The molecule has 0 aliphatic rings. The fraction of sp³-hybridized carbons (Fsp3) is 0.231. The zero-order chi connectivity index (χ0) is 14.4. The van der Waals surface area contributed by atoms with Crippen molar-refractivity contribution in [1.29, 1.82) is 0 Å². The normalized spacial score (nSPS) is 9.84. The average molecular weight is 270 g/mol. The third-order valence-electron chi connectivity index (χ3n) is 1.99. The molecule has 0 spiro atoms. The topological polar surface area (TPSA) is 52.6 Å². The van der Waals surface area contributed by atoms with Crippen molar-refractivity contribution in [2.75, 3.05) is 6.61 Å². The van der Waals surface area contributed by atoms with Crippen LogP contribution >= 0.6 is 0 Å². The fourth-order valence-corrected chi connectivity index (χ4v) is 1.15. The molecule has 0 atom stereocenters. The Balaban J connectivity index is 2.42. The van der Waals surface area contributed by atoms with E-state index in [1.165, 1.54) is 6.92 Å². The first-order chi connectivity index (χ1) is 8.88. The molecule has 0 radical (unpaired) electrons. The van der Waals surface area contributed by atoms with E-state index in [9.17, 15) is 18.4 Å². The summed E-state index contributed by atoms with van der Waals surface area (Å²) < 4.78 is 34.9. The Kier molecular flexibility index (Phi) is 5.17. The second-order valence-corrected chi connectivity index (χ2v) is 3.79. The molecule has 0 heterocycles. The van der Waals surface area contributed by atoms with Crippen LogP contribution in [0.15, 0.2) is 30.4 Å². The molecular weight excluding hydrogens is 258 g/mol. The number of carbonyl (C=O) groups is 2. The highest BCUT2D eigenvalue weighted by Gasteiger charge is 2.10. The molecule has 19 heavy (non-hydrogen) atoms. The van der Waals surface area contributed by atoms with Gasteiger partial charge in [-0.3, -0.25) is 0 Å². The van der Waals surface area contributed by atoms with Gasteiger partial charge in [-0.1, -0.05) is 6.58 Å². The number of esters is 2. The number of hydrogen-bond donors (Lipinski definition) is 0. The summed E-state index contributed by atoms with van der Waals surface area (Å²) in [5.41, 5.74) is 0.317. The lowest BCUT2D eigenvalue weighted by Gasteiger charge is -2.06. The molecule has 0 bridgehead atoms. The zero-order valence-corrected chi connectivity index (χ0v) is 10.2. The van der Waals surface area contributed by atoms with E-state index >= 15 is 0 Å². The second kappa shape index (κ2) is 6.63. The minimum atomic E-state index is -0.820. The van der Waals surface area contributed by atoms with Crippen molar-refractivity contribution in [2.45, 2.75) is 13.5 Å². The molecule has 4 nitrogen and oxygen atoms in total. The summed E-state index contributed by atoms with van der Waals surface area (Å²) in [5.74, 6) is -3.06. The summed E-state index contributed by atoms with van der Waals surface area (Å²) in [4.78, 5) is 22.2. The van der Waals surface area contributed by atoms with Gasteiger partial charge in [0, 0.05) is 11.6 Å². The molecule has 0 amide bonds. The lowest BCUT2D eigenvalue weighted by Crippen LogP contribution is -2.16. The molecule has 0 saturated heterocycles. The van der Waals surface area contributed by atoms with Crippen LogP contribution in [0.3, 0.4) is 0 Å². The van der Waals surface area contributed by atoms with Crippen LogP contribution in [0.5, 0.6) is 0 Å². The Labute approximate surface area is 108 Å². The predicted molar refractivity (Wildman–Crippen MR) is 61.9 cm³/mol. The van der Waals surface area contributed by atoms with E-state index in [2.05, 4.69) is 16.1 Å². The van der Waals surface area contributed by atoms with Crippen LogP contribution in [0.25, 0.3) is 0 Å². The summed E-state index contributed by atoms with van der Waals surface area (Å²) in [6.45, 7) is 3.88. The van der Waals surface area contributed by atoms with E-state index < -0.39 is 30.2 Å². The summed E-state index contributed by atoms with van der Waals surface area (Å²) in [6.07, 6.45) is 0. The van der Waals surface area contributed by atoms with E-state index in [0.29, 0.717) is 6.07 Å². The number of hydrogen-bond acceptors (Lipinski definition) is 4. The summed E-state index contributed by atoms with van der Waals surface area (Å²) >= 11 is 0. The van der Waals surface area contributed by atoms with Crippen molar-refractivity contribution in [3.63, 3.8) is 0 Å². The third-order valence-corrected chi connectivity index (χ3v) is 1.99. The molecule has 0 unspecified atom stereocenters. The fourth-order valence-electron chi connectivity index (χ4n) is 1.15. The third kappa shape index (κ3) is 5.29. The summed E-state index contributed by atoms with van der Waals surface area (Å²) in [7, 11) is 0. The van der Waals surface area contributed by atoms with Crippen LogP contribution in [0.1, 0.15) is 12.5 Å². The molecule has 1 aromatic rings. The molecule has 0 aromatic heterocycles. The summed E-state index contributed by atoms with van der Waals surface area (Å²) in [6, 6.07) is 2.78. The molecule has 0 aliphatic heterocycles. The first-order valence-electron chi connectivity index (χ1n) is 5.31. The zero-order valence-electron chi connectivity index (χ0n) is 10.2. The van der Waals surface area contributed by atoms with Gasteiger partial charge in [0.15, 0.2) is 6.61 Å². The Morgan fingerprint density at radius 3 is 2.26 bits per heavy atom. The van der Waals surface area contributed by atoms with Crippen LogP contribution < -0.4 is 0 Å². The lowest BCUT2D eigenvalue weighted by atomic mass is 10.2. The molecule has 0 fully saturated rings. The highest BCUT2D eigenvalue weighted by molar-refractivity contribution is 5.88. The van der Waals surface area contributed by atoms with Crippen molar-refractivity contribution in [2.24, 2.45) is 0 Å². The van der Waals surface area contributed by atoms with Crippen LogP contribution in [0.4, 0.5) is 8.78 Å². The van der Waals surface area contributed by atoms with Gasteiger partial charge in [0.1, 0.15) is 18.2 Å². The van der Waals surface area contributed by atoms with E-state index in [1.807, 2.05) is 0 Å². The van der Waals surface area contributed by atoms with Gasteiger partial charge in [0.2, 0.25) is 0 Å². The van der Waals surface area contributed by atoms with Gasteiger partial charge >= 0.3 is 11.9 Å². The molecule has 1 aromatic carbocycles. The lowest BCUT2D eigenvalue weighted by molar-refractivity contribution is -0.157. The highest BCUT2D eigenvalue weighted by atomic mass is 19.1. The first-order valence-corrected chi connectivity index (χ1v) is 5.31. The van der Waals surface area contributed by atoms with Crippen molar-refractivity contribution in [3.8, 4) is 0 Å². The van der Waals surface area contributed by atoms with Gasteiger partial charge in [-0.15, -0.1) is 0 Å². The number of rotatable bonds is 5. The van der Waals surface area contributed by atoms with Gasteiger partial charge in [-0.25, -0.2) is 18.4 Å². The Hall–Kier alpha value is -2.24. The van der Waals surface area contributed by atoms with Crippen molar-refractivity contribution < 1.29 is 27.8 Å². The largest absolute Gasteiger partial charge is 0.458 e. The van der Waals surface area contributed by atoms with Crippen LogP contribution in [0.2, 0.25) is 0 Å². The molecular formula is C13H12F2O4. The van der Waals surface area contributed by atoms with Gasteiger partial charge in [-0.05, 0) is 24.6 Å². The second-order valence-electron chi connectivity index (χ2n) is 3.79. The number of carbonyl (C=O) groups excluding carboxylic acids is 2. The minimum absolute atomic E-state index is 0.153. The van der Waals surface area contributed by atoms with Crippen LogP contribution in [0, 0.1) is 11.6 Å². The Morgan fingerprint density at radius 2 is 1.74 bits per heavy atom. The monoisotopic (exact) mass is 270 g/mol. The minimum Gasteiger partial charge on any atom is -0.458 e. The van der Waals surface area contributed by atoms with Gasteiger partial charge < -0.3 is 9.47 Å². The molecule has 102 valence electrons. The first kappa shape index (κ1) is 14.8. The maximum Gasteiger partial charge on any atom is 0.344 e.